The van der Waals surface area contributed by atoms with Crippen LogP contribution in [-0.4, -0.2) is 25.5 Å². The van der Waals surface area contributed by atoms with E-state index in [4.69, 9.17) is 4.74 Å². The first kappa shape index (κ1) is 22.6. The van der Waals surface area contributed by atoms with Crippen LogP contribution in [0.3, 0.4) is 0 Å². The van der Waals surface area contributed by atoms with E-state index in [9.17, 15) is 10.1 Å². The summed E-state index contributed by atoms with van der Waals surface area (Å²) in [6.45, 7) is 3.66. The van der Waals surface area contributed by atoms with E-state index < -0.39 is 0 Å². The van der Waals surface area contributed by atoms with Crippen LogP contribution in [0, 0.1) is 25.2 Å². The van der Waals surface area contributed by atoms with Gasteiger partial charge >= 0.3 is 0 Å². The Hall–Kier alpha value is -5.23. The molecule has 5 rings (SSSR count). The Morgan fingerprint density at radius 2 is 1.72 bits per heavy atom. The molecule has 0 fully saturated rings. The third kappa shape index (κ3) is 4.56. The molecule has 1 amide bonds. The van der Waals surface area contributed by atoms with E-state index in [2.05, 4.69) is 31.8 Å². The number of nitriles is 1. The lowest BCUT2D eigenvalue weighted by molar-refractivity contribution is 0.102. The quantitative estimate of drug-likeness (QED) is 0.338. The minimum Gasteiger partial charge on any atom is -0.457 e. The minimum absolute atomic E-state index is 0.206. The fourth-order valence-corrected chi connectivity index (χ4v) is 3.70. The molecule has 2 aromatic carbocycles. The number of para-hydroxylation sites is 1. The van der Waals surface area contributed by atoms with Gasteiger partial charge in [0, 0.05) is 17.4 Å². The molecule has 0 atom stereocenters. The van der Waals surface area contributed by atoms with Crippen LogP contribution in [0.5, 0.6) is 11.5 Å². The number of nitrogens with one attached hydrogen (secondary N) is 2. The third-order valence-corrected chi connectivity index (χ3v) is 5.54. The first-order chi connectivity index (χ1) is 17.5. The van der Waals surface area contributed by atoms with Crippen molar-refractivity contribution in [2.75, 3.05) is 10.6 Å². The molecule has 36 heavy (non-hydrogen) atoms. The summed E-state index contributed by atoms with van der Waals surface area (Å²) < 4.78 is 7.48. The van der Waals surface area contributed by atoms with Crippen molar-refractivity contribution < 1.29 is 9.53 Å². The monoisotopic (exact) mass is 475 g/mol. The van der Waals surface area contributed by atoms with Crippen molar-refractivity contribution in [1.29, 1.82) is 5.26 Å². The second-order valence-corrected chi connectivity index (χ2v) is 8.07. The zero-order chi connectivity index (χ0) is 25.1. The Morgan fingerprint density at radius 1 is 0.972 bits per heavy atom. The van der Waals surface area contributed by atoms with E-state index in [-0.39, 0.29) is 11.6 Å². The molecule has 0 aliphatic heterocycles. The summed E-state index contributed by atoms with van der Waals surface area (Å²) in [6, 6.07) is 19.1. The van der Waals surface area contributed by atoms with Gasteiger partial charge < -0.3 is 15.4 Å². The molecule has 9 nitrogen and oxygen atoms in total. The topological polar surface area (TPSA) is 117 Å². The SMILES string of the molecule is Cc1cnc(C(=O)Nc2cn3ncc(C#N)c(Nc4ccc(Oc5ccccc5)cc4)c3c2C)cn1. The van der Waals surface area contributed by atoms with Crippen molar-refractivity contribution in [1.82, 2.24) is 19.6 Å². The highest BCUT2D eigenvalue weighted by Crippen LogP contribution is 2.33. The Morgan fingerprint density at radius 3 is 2.42 bits per heavy atom. The molecule has 0 radical (unpaired) electrons. The van der Waals surface area contributed by atoms with Gasteiger partial charge in [0.25, 0.3) is 5.91 Å². The number of ether oxygens (including phenoxy) is 1. The highest BCUT2D eigenvalue weighted by atomic mass is 16.5. The highest BCUT2D eigenvalue weighted by molar-refractivity contribution is 6.04. The number of hydrogen-bond acceptors (Lipinski definition) is 7. The van der Waals surface area contributed by atoms with Crippen molar-refractivity contribution in [3.63, 3.8) is 0 Å². The third-order valence-electron chi connectivity index (χ3n) is 5.54. The minimum atomic E-state index is -0.384. The van der Waals surface area contributed by atoms with Crippen LogP contribution in [0.15, 0.2) is 79.4 Å². The zero-order valence-electron chi connectivity index (χ0n) is 19.6. The van der Waals surface area contributed by atoms with Crippen LogP contribution in [0.2, 0.25) is 0 Å². The summed E-state index contributed by atoms with van der Waals surface area (Å²) in [5.41, 5.74) is 4.62. The summed E-state index contributed by atoms with van der Waals surface area (Å²) in [7, 11) is 0. The summed E-state index contributed by atoms with van der Waals surface area (Å²) in [6.07, 6.45) is 6.16. The Balaban J connectivity index is 1.43. The van der Waals surface area contributed by atoms with E-state index in [1.54, 1.807) is 17.6 Å². The van der Waals surface area contributed by atoms with Crippen molar-refractivity contribution in [2.24, 2.45) is 0 Å². The van der Waals surface area contributed by atoms with Gasteiger partial charge in [-0.3, -0.25) is 9.78 Å². The maximum absolute atomic E-state index is 12.7. The maximum atomic E-state index is 12.7. The van der Waals surface area contributed by atoms with Crippen molar-refractivity contribution in [2.45, 2.75) is 13.8 Å². The van der Waals surface area contributed by atoms with Gasteiger partial charge in [0.15, 0.2) is 0 Å². The number of fused-ring (bicyclic) bond motifs is 1. The van der Waals surface area contributed by atoms with Gasteiger partial charge in [0.1, 0.15) is 23.3 Å². The maximum Gasteiger partial charge on any atom is 0.275 e. The fraction of sp³-hybridized carbons (Fsp3) is 0.0741. The van der Waals surface area contributed by atoms with E-state index in [0.717, 1.165) is 22.7 Å². The molecule has 0 saturated carbocycles. The normalized spacial score (nSPS) is 10.6. The summed E-state index contributed by atoms with van der Waals surface area (Å²) in [5.74, 6) is 1.05. The van der Waals surface area contributed by atoms with E-state index in [1.165, 1.54) is 18.6 Å². The second-order valence-electron chi connectivity index (χ2n) is 8.07. The number of nitrogens with zero attached hydrogens (tertiary/aromatic N) is 5. The Bertz CT molecular complexity index is 1590. The Kier molecular flexibility index (Phi) is 5.99. The molecule has 0 saturated heterocycles. The van der Waals surface area contributed by atoms with Gasteiger partial charge in [0.2, 0.25) is 0 Å². The van der Waals surface area contributed by atoms with Gasteiger partial charge in [-0.2, -0.15) is 10.4 Å². The molecule has 5 aromatic rings. The van der Waals surface area contributed by atoms with Crippen LogP contribution in [0.1, 0.15) is 27.3 Å². The predicted octanol–water partition coefficient (Wildman–Crippen LogP) is 5.40. The number of anilines is 3. The number of aryl methyl sites for hydroxylation is 2. The number of hydrogen-bond donors (Lipinski definition) is 2. The van der Waals surface area contributed by atoms with Gasteiger partial charge in [-0.15, -0.1) is 0 Å². The number of aromatic nitrogens is 4. The molecule has 0 spiro atoms. The van der Waals surface area contributed by atoms with Gasteiger partial charge in [-0.25, -0.2) is 9.50 Å². The molecule has 3 aromatic heterocycles. The molecule has 0 bridgehead atoms. The van der Waals surface area contributed by atoms with Crippen LogP contribution in [-0.2, 0) is 0 Å². The van der Waals surface area contributed by atoms with Crippen LogP contribution in [0.4, 0.5) is 17.1 Å². The standard InChI is InChI=1S/C27H21N7O2/c1-17-13-30-23(15-29-17)27(35)33-24-16-34-26(18(24)2)25(19(12-28)14-31-34)32-20-8-10-22(11-9-20)36-21-6-4-3-5-7-21/h3-11,13-16,32H,1-2H3,(H,33,35). The van der Waals surface area contributed by atoms with Crippen molar-refractivity contribution in [3.8, 4) is 17.6 Å². The van der Waals surface area contributed by atoms with Gasteiger partial charge in [-0.05, 0) is 50.2 Å². The summed E-state index contributed by atoms with van der Waals surface area (Å²) in [5, 5.41) is 20.3. The average Bonchev–Trinajstić information content (AvgIpc) is 3.21. The zero-order valence-corrected chi connectivity index (χ0v) is 19.6. The number of carbonyl (C=O) groups is 1. The smallest absolute Gasteiger partial charge is 0.275 e. The summed E-state index contributed by atoms with van der Waals surface area (Å²) in [4.78, 5) is 20.9. The van der Waals surface area contributed by atoms with Crippen LogP contribution < -0.4 is 15.4 Å². The molecule has 0 aliphatic rings. The molecule has 0 aliphatic carbocycles. The van der Waals surface area contributed by atoms with Gasteiger partial charge in [-0.1, -0.05) is 18.2 Å². The second kappa shape index (κ2) is 9.56. The number of carbonyl (C=O) groups excluding carboxylic acids is 1. The molecule has 0 unspecified atom stereocenters. The largest absolute Gasteiger partial charge is 0.457 e. The molecular weight excluding hydrogens is 454 g/mol. The average molecular weight is 476 g/mol. The first-order valence-corrected chi connectivity index (χ1v) is 11.1. The lowest BCUT2D eigenvalue weighted by Crippen LogP contribution is -2.14. The lowest BCUT2D eigenvalue weighted by atomic mass is 10.1. The highest BCUT2D eigenvalue weighted by Gasteiger charge is 2.18. The van der Waals surface area contributed by atoms with Crippen LogP contribution >= 0.6 is 0 Å². The molecular formula is C27H21N7O2. The summed E-state index contributed by atoms with van der Waals surface area (Å²) >= 11 is 0. The number of rotatable bonds is 6. The van der Waals surface area contributed by atoms with E-state index in [1.807, 2.05) is 61.5 Å². The first-order valence-electron chi connectivity index (χ1n) is 11.1. The number of amides is 1. The van der Waals surface area contributed by atoms with E-state index in [0.29, 0.717) is 28.2 Å². The van der Waals surface area contributed by atoms with Crippen LogP contribution in [0.25, 0.3) is 5.52 Å². The lowest BCUT2D eigenvalue weighted by Gasteiger charge is -2.12. The molecule has 9 heteroatoms. The fourth-order valence-electron chi connectivity index (χ4n) is 3.70. The Labute approximate surface area is 207 Å². The van der Waals surface area contributed by atoms with Crippen molar-refractivity contribution in [3.05, 3.63) is 102 Å². The molecule has 2 N–H and O–H groups in total. The molecule has 176 valence electrons. The molecule has 3 heterocycles. The van der Waals surface area contributed by atoms with Gasteiger partial charge in [0.05, 0.1) is 46.7 Å². The predicted molar refractivity (Wildman–Crippen MR) is 136 cm³/mol. The van der Waals surface area contributed by atoms with E-state index >= 15 is 0 Å². The van der Waals surface area contributed by atoms with Crippen molar-refractivity contribution >= 4 is 28.5 Å². The number of benzene rings is 2.